The highest BCUT2D eigenvalue weighted by molar-refractivity contribution is 7.92. The number of aromatic amines is 1. The Morgan fingerprint density at radius 1 is 1.16 bits per heavy atom. The second kappa shape index (κ2) is 8.19. The number of fused-ring (bicyclic) bond motifs is 1. The average molecular weight is 450 g/mol. The summed E-state index contributed by atoms with van der Waals surface area (Å²) in [5, 5.41) is 8.49. The van der Waals surface area contributed by atoms with Gasteiger partial charge in [-0.05, 0) is 43.3 Å². The minimum atomic E-state index is -2.42. The number of H-pyrrole nitrogens is 1. The Bertz CT molecular complexity index is 1350. The van der Waals surface area contributed by atoms with E-state index in [1.165, 1.54) is 0 Å². The number of hydrogen-bond acceptors (Lipinski definition) is 8. The summed E-state index contributed by atoms with van der Waals surface area (Å²) in [6.45, 7) is 3.39. The van der Waals surface area contributed by atoms with Crippen LogP contribution in [-0.4, -0.2) is 54.0 Å². The number of anilines is 1. The zero-order valence-electron chi connectivity index (χ0n) is 17.6. The first-order chi connectivity index (χ1) is 15.5. The van der Waals surface area contributed by atoms with E-state index in [1.54, 1.807) is 12.4 Å². The summed E-state index contributed by atoms with van der Waals surface area (Å²) in [5.41, 5.74) is 3.43. The summed E-state index contributed by atoms with van der Waals surface area (Å²) in [6.07, 6.45) is 3.53. The van der Waals surface area contributed by atoms with Gasteiger partial charge in [-0.1, -0.05) is 0 Å². The lowest BCUT2D eigenvalue weighted by molar-refractivity contribution is 0.301. The topological polar surface area (TPSA) is 121 Å². The molecule has 0 spiro atoms. The molecule has 0 saturated carbocycles. The molecule has 5 rings (SSSR count). The lowest BCUT2D eigenvalue weighted by Crippen LogP contribution is -2.40. The van der Waals surface area contributed by atoms with E-state index >= 15 is 0 Å². The fraction of sp³-hybridized carbons (Fsp3) is 0.273. The van der Waals surface area contributed by atoms with Crippen LogP contribution in [0.25, 0.3) is 22.2 Å². The second-order valence-electron chi connectivity index (χ2n) is 7.78. The van der Waals surface area contributed by atoms with Crippen molar-refractivity contribution in [1.29, 1.82) is 4.78 Å². The van der Waals surface area contributed by atoms with E-state index in [4.69, 9.17) is 9.52 Å². The SMILES string of the molecule is Cc1nccc(COc2ccc3[nH]nc(-c4ccc(N5CCS(=N)(=O)CC5)nc4)c3c2)n1. The predicted molar refractivity (Wildman–Crippen MR) is 123 cm³/mol. The fourth-order valence-electron chi connectivity index (χ4n) is 3.72. The van der Waals surface area contributed by atoms with Gasteiger partial charge in [-0.15, -0.1) is 0 Å². The maximum absolute atomic E-state index is 11.9. The molecule has 3 aromatic heterocycles. The van der Waals surface area contributed by atoms with Crippen LogP contribution >= 0.6 is 0 Å². The fourth-order valence-corrected chi connectivity index (χ4v) is 4.95. The van der Waals surface area contributed by atoms with E-state index in [9.17, 15) is 4.21 Å². The van der Waals surface area contributed by atoms with Crippen LogP contribution in [0.2, 0.25) is 0 Å². The number of nitrogens with one attached hydrogen (secondary N) is 2. The lowest BCUT2D eigenvalue weighted by atomic mass is 10.1. The number of ether oxygens (including phenoxy) is 1. The summed E-state index contributed by atoms with van der Waals surface area (Å²) in [4.78, 5) is 15.1. The van der Waals surface area contributed by atoms with Crippen LogP contribution in [0, 0.1) is 11.7 Å². The van der Waals surface area contributed by atoms with Crippen LogP contribution in [0.4, 0.5) is 5.82 Å². The molecule has 0 aliphatic carbocycles. The minimum absolute atomic E-state index is 0.360. The molecule has 164 valence electrons. The zero-order valence-corrected chi connectivity index (χ0v) is 18.4. The van der Waals surface area contributed by atoms with Crippen molar-refractivity contribution >= 4 is 26.4 Å². The molecular weight excluding hydrogens is 426 g/mol. The Labute approximate surface area is 185 Å². The summed E-state index contributed by atoms with van der Waals surface area (Å²) >= 11 is 0. The molecule has 0 atom stereocenters. The van der Waals surface area contributed by atoms with Crippen molar-refractivity contribution in [3.8, 4) is 17.0 Å². The van der Waals surface area contributed by atoms with Crippen LogP contribution in [-0.2, 0) is 16.3 Å². The number of benzene rings is 1. The molecule has 9 nitrogen and oxygen atoms in total. The molecule has 0 bridgehead atoms. The van der Waals surface area contributed by atoms with Gasteiger partial charge in [0.2, 0.25) is 0 Å². The van der Waals surface area contributed by atoms with Crippen LogP contribution in [0.5, 0.6) is 5.75 Å². The third-order valence-corrected chi connectivity index (χ3v) is 7.17. The van der Waals surface area contributed by atoms with Crippen LogP contribution in [0.1, 0.15) is 11.5 Å². The second-order valence-corrected chi connectivity index (χ2v) is 10.2. The Balaban J connectivity index is 1.35. The van der Waals surface area contributed by atoms with Crippen molar-refractivity contribution in [2.45, 2.75) is 13.5 Å². The van der Waals surface area contributed by atoms with E-state index < -0.39 is 9.73 Å². The van der Waals surface area contributed by atoms with Gasteiger partial charge in [0, 0.05) is 57.7 Å². The number of aryl methyl sites for hydroxylation is 1. The normalized spacial score (nSPS) is 15.7. The van der Waals surface area contributed by atoms with E-state index in [-0.39, 0.29) is 0 Å². The van der Waals surface area contributed by atoms with Crippen molar-refractivity contribution in [3.05, 3.63) is 60.3 Å². The van der Waals surface area contributed by atoms with E-state index in [2.05, 4.69) is 30.0 Å². The van der Waals surface area contributed by atoms with Gasteiger partial charge < -0.3 is 9.64 Å². The number of pyridine rings is 1. The zero-order chi connectivity index (χ0) is 22.1. The van der Waals surface area contributed by atoms with Crippen molar-refractivity contribution in [2.24, 2.45) is 0 Å². The number of aromatic nitrogens is 5. The number of rotatable bonds is 5. The summed E-state index contributed by atoms with van der Waals surface area (Å²) in [6, 6.07) is 11.6. The number of nitrogens with zero attached hydrogens (tertiary/aromatic N) is 5. The molecule has 0 amide bonds. The van der Waals surface area contributed by atoms with Gasteiger partial charge in [0.15, 0.2) is 0 Å². The third kappa shape index (κ3) is 4.26. The minimum Gasteiger partial charge on any atom is -0.487 e. The Morgan fingerprint density at radius 3 is 2.75 bits per heavy atom. The highest BCUT2D eigenvalue weighted by atomic mass is 32.2. The van der Waals surface area contributed by atoms with Crippen LogP contribution < -0.4 is 9.64 Å². The van der Waals surface area contributed by atoms with Crippen molar-refractivity contribution in [2.75, 3.05) is 29.5 Å². The van der Waals surface area contributed by atoms with Gasteiger partial charge >= 0.3 is 0 Å². The molecular formula is C22H23N7O2S. The van der Waals surface area contributed by atoms with Crippen molar-refractivity contribution < 1.29 is 8.95 Å². The summed E-state index contributed by atoms with van der Waals surface area (Å²) in [7, 11) is -2.42. The van der Waals surface area contributed by atoms with Gasteiger partial charge in [0.25, 0.3) is 0 Å². The quantitative estimate of drug-likeness (QED) is 0.480. The maximum atomic E-state index is 11.9. The molecule has 32 heavy (non-hydrogen) atoms. The highest BCUT2D eigenvalue weighted by Gasteiger charge is 2.20. The molecule has 1 aliphatic rings. The lowest BCUT2D eigenvalue weighted by Gasteiger charge is -2.28. The average Bonchev–Trinajstić information content (AvgIpc) is 3.21. The molecule has 1 saturated heterocycles. The Morgan fingerprint density at radius 2 is 2.00 bits per heavy atom. The molecule has 1 aliphatic heterocycles. The molecule has 4 aromatic rings. The molecule has 1 aromatic carbocycles. The molecule has 0 radical (unpaired) electrons. The molecule has 2 N–H and O–H groups in total. The Hall–Kier alpha value is -3.53. The first kappa shape index (κ1) is 20.4. The molecule has 10 heteroatoms. The van der Waals surface area contributed by atoms with Crippen LogP contribution in [0.15, 0.2) is 48.8 Å². The standard InChI is InChI=1S/C22H23N7O2S/c1-15-24-7-6-17(26-15)14-31-18-3-4-20-19(12-18)22(28-27-20)16-2-5-21(25-13-16)29-8-10-32(23,30)11-9-29/h2-7,12-13,23H,8-11,14H2,1H3,(H,27,28). The van der Waals surface area contributed by atoms with Gasteiger partial charge in [-0.3, -0.25) is 9.88 Å². The van der Waals surface area contributed by atoms with Crippen molar-refractivity contribution in [1.82, 2.24) is 25.1 Å². The third-order valence-electron chi connectivity index (χ3n) is 5.48. The van der Waals surface area contributed by atoms with Gasteiger partial charge in [-0.25, -0.2) is 19.2 Å². The molecule has 4 heterocycles. The summed E-state index contributed by atoms with van der Waals surface area (Å²) in [5.74, 6) is 3.05. The van der Waals surface area contributed by atoms with E-state index in [0.29, 0.717) is 37.0 Å². The smallest absolute Gasteiger partial charge is 0.130 e. The number of hydrogen-bond donors (Lipinski definition) is 2. The van der Waals surface area contributed by atoms with Gasteiger partial charge in [-0.2, -0.15) is 5.10 Å². The first-order valence-corrected chi connectivity index (χ1v) is 12.2. The highest BCUT2D eigenvalue weighted by Crippen LogP contribution is 2.30. The first-order valence-electron chi connectivity index (χ1n) is 10.3. The molecule has 1 fully saturated rings. The monoisotopic (exact) mass is 449 g/mol. The molecule has 0 unspecified atom stereocenters. The largest absolute Gasteiger partial charge is 0.487 e. The van der Waals surface area contributed by atoms with Crippen molar-refractivity contribution in [3.63, 3.8) is 0 Å². The van der Waals surface area contributed by atoms with Gasteiger partial charge in [0.1, 0.15) is 29.7 Å². The Kier molecular flexibility index (Phi) is 5.22. The van der Waals surface area contributed by atoms with E-state index in [1.807, 2.05) is 43.3 Å². The van der Waals surface area contributed by atoms with Crippen LogP contribution in [0.3, 0.4) is 0 Å². The van der Waals surface area contributed by atoms with Gasteiger partial charge in [0.05, 0.1) is 11.2 Å². The summed E-state index contributed by atoms with van der Waals surface area (Å²) < 4.78 is 25.6. The predicted octanol–water partition coefficient (Wildman–Crippen LogP) is 3.17. The van der Waals surface area contributed by atoms with E-state index in [0.717, 1.165) is 39.4 Å². The maximum Gasteiger partial charge on any atom is 0.130 e.